The first kappa shape index (κ1) is 16.6. The van der Waals surface area contributed by atoms with Crippen LogP contribution in [0.25, 0.3) is 0 Å². The maximum absolute atomic E-state index is 5.84. The molecular formula is C20H24BrNO2. The summed E-state index contributed by atoms with van der Waals surface area (Å²) >= 11 is 3.46. The second kappa shape index (κ2) is 7.58. The van der Waals surface area contributed by atoms with Gasteiger partial charge in [0.05, 0.1) is 6.61 Å². The predicted molar refractivity (Wildman–Crippen MR) is 97.5 cm³/mol. The molecule has 4 heteroatoms. The van der Waals surface area contributed by atoms with Gasteiger partial charge in [0.1, 0.15) is 0 Å². The lowest BCUT2D eigenvalue weighted by Gasteiger charge is -2.24. The average Bonchev–Trinajstić information content (AvgIpc) is 3.07. The predicted octanol–water partition coefficient (Wildman–Crippen LogP) is 3.52. The van der Waals surface area contributed by atoms with Gasteiger partial charge < -0.3 is 14.4 Å². The van der Waals surface area contributed by atoms with Crippen LogP contribution in [0, 0.1) is 29.6 Å². The van der Waals surface area contributed by atoms with Gasteiger partial charge in [-0.25, -0.2) is 0 Å². The average molecular weight is 390 g/mol. The summed E-state index contributed by atoms with van der Waals surface area (Å²) in [6.45, 7) is 5.04. The molecule has 1 aromatic carbocycles. The number of benzene rings is 1. The molecule has 2 aliphatic heterocycles. The molecule has 1 aromatic rings. The highest BCUT2D eigenvalue weighted by molar-refractivity contribution is 9.10. The first-order valence-corrected chi connectivity index (χ1v) is 9.81. The molecule has 3 unspecified atom stereocenters. The van der Waals surface area contributed by atoms with Crippen LogP contribution < -0.4 is 0 Å². The minimum atomic E-state index is 0.0420. The summed E-state index contributed by atoms with van der Waals surface area (Å²) in [5, 5.41) is 0. The Bertz CT molecular complexity index is 603. The first-order chi connectivity index (χ1) is 11.8. The van der Waals surface area contributed by atoms with Crippen molar-refractivity contribution in [1.82, 2.24) is 4.90 Å². The topological polar surface area (TPSA) is 21.7 Å². The van der Waals surface area contributed by atoms with E-state index in [2.05, 4.69) is 56.9 Å². The van der Waals surface area contributed by atoms with Crippen molar-refractivity contribution >= 4 is 15.9 Å². The Kier molecular flexibility index (Phi) is 5.24. The number of nitrogens with zero attached hydrogens (tertiary/aromatic N) is 1. The second-order valence-corrected chi connectivity index (χ2v) is 7.97. The van der Waals surface area contributed by atoms with Crippen molar-refractivity contribution in [3.05, 3.63) is 34.3 Å². The lowest BCUT2D eigenvalue weighted by Crippen LogP contribution is -2.31. The van der Waals surface area contributed by atoms with Gasteiger partial charge in [-0.1, -0.05) is 27.8 Å². The molecule has 0 bridgehead atoms. The van der Waals surface area contributed by atoms with Crippen molar-refractivity contribution in [3.63, 3.8) is 0 Å². The Morgan fingerprint density at radius 1 is 1.17 bits per heavy atom. The van der Waals surface area contributed by atoms with E-state index < -0.39 is 0 Å². The molecule has 2 heterocycles. The standard InChI is InChI=1S/C20H24BrNO2/c21-16-7-4-15(5-8-16)6-9-17-18-13-22(14-19(17)18)10-12-24-20-3-1-2-11-23-20/h4-5,7-8,17-20H,1-3,10-14H2. The van der Waals surface area contributed by atoms with Crippen molar-refractivity contribution < 1.29 is 9.47 Å². The fourth-order valence-corrected chi connectivity index (χ4v) is 4.13. The highest BCUT2D eigenvalue weighted by atomic mass is 79.9. The van der Waals surface area contributed by atoms with Crippen LogP contribution in [-0.4, -0.2) is 44.0 Å². The molecular weight excluding hydrogens is 366 g/mol. The fraction of sp³-hybridized carbons (Fsp3) is 0.600. The molecule has 24 heavy (non-hydrogen) atoms. The van der Waals surface area contributed by atoms with E-state index in [1.165, 1.54) is 25.9 Å². The smallest absolute Gasteiger partial charge is 0.157 e. The SMILES string of the molecule is Brc1ccc(C#CC2C3CN(CCOC4CCCCO4)CC23)cc1. The molecule has 3 aliphatic rings. The van der Waals surface area contributed by atoms with Gasteiger partial charge in [-0.15, -0.1) is 0 Å². The first-order valence-electron chi connectivity index (χ1n) is 9.02. The van der Waals surface area contributed by atoms with Gasteiger partial charge in [0.25, 0.3) is 0 Å². The van der Waals surface area contributed by atoms with E-state index in [1.807, 2.05) is 0 Å². The number of fused-ring (bicyclic) bond motifs is 1. The maximum atomic E-state index is 5.84. The van der Waals surface area contributed by atoms with Crippen LogP contribution in [0.3, 0.4) is 0 Å². The summed E-state index contributed by atoms with van der Waals surface area (Å²) in [6, 6.07) is 8.25. The molecule has 0 aromatic heterocycles. The van der Waals surface area contributed by atoms with Crippen LogP contribution in [0.15, 0.2) is 28.7 Å². The van der Waals surface area contributed by atoms with Crippen LogP contribution >= 0.6 is 15.9 Å². The molecule has 128 valence electrons. The minimum Gasteiger partial charge on any atom is -0.353 e. The van der Waals surface area contributed by atoms with Crippen LogP contribution in [0.1, 0.15) is 24.8 Å². The zero-order valence-electron chi connectivity index (χ0n) is 13.9. The van der Waals surface area contributed by atoms with Crippen molar-refractivity contribution in [2.45, 2.75) is 25.6 Å². The van der Waals surface area contributed by atoms with Crippen LogP contribution in [-0.2, 0) is 9.47 Å². The highest BCUT2D eigenvalue weighted by Gasteiger charge is 2.54. The van der Waals surface area contributed by atoms with E-state index in [9.17, 15) is 0 Å². The summed E-state index contributed by atoms with van der Waals surface area (Å²) in [5.41, 5.74) is 1.11. The van der Waals surface area contributed by atoms with Crippen molar-refractivity contribution in [2.75, 3.05) is 32.8 Å². The summed E-state index contributed by atoms with van der Waals surface area (Å²) in [5.74, 6) is 8.97. The second-order valence-electron chi connectivity index (χ2n) is 7.06. The van der Waals surface area contributed by atoms with E-state index in [4.69, 9.17) is 9.47 Å². The monoisotopic (exact) mass is 389 g/mol. The molecule has 3 atom stereocenters. The lowest BCUT2D eigenvalue weighted by molar-refractivity contribution is -0.164. The Morgan fingerprint density at radius 2 is 1.96 bits per heavy atom. The van der Waals surface area contributed by atoms with Gasteiger partial charge in [0, 0.05) is 42.2 Å². The van der Waals surface area contributed by atoms with Crippen molar-refractivity contribution in [3.8, 4) is 11.8 Å². The minimum absolute atomic E-state index is 0.0420. The number of hydrogen-bond acceptors (Lipinski definition) is 3. The fourth-order valence-electron chi connectivity index (χ4n) is 3.87. The highest BCUT2D eigenvalue weighted by Crippen LogP contribution is 2.51. The third kappa shape index (κ3) is 4.03. The number of halogens is 1. The van der Waals surface area contributed by atoms with E-state index in [0.29, 0.717) is 5.92 Å². The zero-order valence-corrected chi connectivity index (χ0v) is 15.5. The van der Waals surface area contributed by atoms with Gasteiger partial charge >= 0.3 is 0 Å². The van der Waals surface area contributed by atoms with E-state index in [-0.39, 0.29) is 6.29 Å². The number of hydrogen-bond donors (Lipinski definition) is 0. The summed E-state index contributed by atoms with van der Waals surface area (Å²) in [4.78, 5) is 2.52. The zero-order chi connectivity index (χ0) is 16.4. The number of ether oxygens (including phenoxy) is 2. The van der Waals surface area contributed by atoms with E-state index in [0.717, 1.165) is 48.1 Å². The normalized spacial score (nSPS) is 32.0. The van der Waals surface area contributed by atoms with Gasteiger partial charge in [-0.05, 0) is 55.4 Å². The molecule has 0 amide bonds. The van der Waals surface area contributed by atoms with Crippen LogP contribution in [0.4, 0.5) is 0 Å². The quantitative estimate of drug-likeness (QED) is 0.735. The molecule has 1 aliphatic carbocycles. The summed E-state index contributed by atoms with van der Waals surface area (Å²) < 4.78 is 12.6. The van der Waals surface area contributed by atoms with Crippen LogP contribution in [0.2, 0.25) is 0 Å². The molecule has 0 spiro atoms. The van der Waals surface area contributed by atoms with Gasteiger partial charge in [-0.3, -0.25) is 0 Å². The Balaban J connectivity index is 1.17. The third-order valence-corrected chi connectivity index (χ3v) is 5.87. The number of rotatable bonds is 4. The Morgan fingerprint density at radius 3 is 2.67 bits per heavy atom. The number of likely N-dealkylation sites (tertiary alicyclic amines) is 1. The largest absolute Gasteiger partial charge is 0.353 e. The van der Waals surface area contributed by atoms with E-state index in [1.54, 1.807) is 0 Å². The summed E-state index contributed by atoms with van der Waals surface area (Å²) in [6.07, 6.45) is 3.51. The van der Waals surface area contributed by atoms with Gasteiger partial charge in [0.15, 0.2) is 6.29 Å². The molecule has 4 rings (SSSR count). The number of piperidine rings is 1. The van der Waals surface area contributed by atoms with Crippen molar-refractivity contribution in [1.29, 1.82) is 0 Å². The molecule has 3 nitrogen and oxygen atoms in total. The Labute approximate surface area is 152 Å². The molecule has 0 N–H and O–H groups in total. The summed E-state index contributed by atoms with van der Waals surface area (Å²) in [7, 11) is 0. The van der Waals surface area contributed by atoms with E-state index >= 15 is 0 Å². The van der Waals surface area contributed by atoms with Gasteiger partial charge in [-0.2, -0.15) is 0 Å². The lowest BCUT2D eigenvalue weighted by atomic mass is 10.2. The van der Waals surface area contributed by atoms with Crippen molar-refractivity contribution in [2.24, 2.45) is 17.8 Å². The molecule has 0 radical (unpaired) electrons. The Hall–Kier alpha value is -0.860. The molecule has 3 fully saturated rings. The third-order valence-electron chi connectivity index (χ3n) is 5.35. The molecule has 2 saturated heterocycles. The van der Waals surface area contributed by atoms with Crippen LogP contribution in [0.5, 0.6) is 0 Å². The molecule has 1 saturated carbocycles. The maximum Gasteiger partial charge on any atom is 0.157 e. The van der Waals surface area contributed by atoms with Gasteiger partial charge in [0.2, 0.25) is 0 Å².